The van der Waals surface area contributed by atoms with Crippen LogP contribution in [0.25, 0.3) is 0 Å². The van der Waals surface area contributed by atoms with Gasteiger partial charge < -0.3 is 14.7 Å². The summed E-state index contributed by atoms with van der Waals surface area (Å²) in [5, 5.41) is 9.98. The first kappa shape index (κ1) is 23.1. The van der Waals surface area contributed by atoms with Crippen molar-refractivity contribution < 1.29 is 19.4 Å². The van der Waals surface area contributed by atoms with E-state index >= 15 is 0 Å². The van der Waals surface area contributed by atoms with Crippen LogP contribution in [0.2, 0.25) is 0 Å². The summed E-state index contributed by atoms with van der Waals surface area (Å²) in [5.41, 5.74) is 4.44. The van der Waals surface area contributed by atoms with Gasteiger partial charge >= 0.3 is 5.97 Å². The summed E-state index contributed by atoms with van der Waals surface area (Å²) in [6.45, 7) is 4.18. The number of hydrogen-bond donors (Lipinski definition) is 1. The Morgan fingerprint density at radius 2 is 1.74 bits per heavy atom. The van der Waals surface area contributed by atoms with Gasteiger partial charge in [0.05, 0.1) is 5.92 Å². The summed E-state index contributed by atoms with van der Waals surface area (Å²) in [6, 6.07) is 22.1. The number of carbonyl (C=O) groups is 2. The zero-order chi connectivity index (χ0) is 24.1. The fourth-order valence-corrected chi connectivity index (χ4v) is 4.31. The van der Waals surface area contributed by atoms with Gasteiger partial charge in [-0.15, -0.1) is 0 Å². The lowest BCUT2D eigenvalue weighted by atomic mass is 9.89. The number of benzene rings is 3. The first-order chi connectivity index (χ1) is 16.5. The summed E-state index contributed by atoms with van der Waals surface area (Å²) >= 11 is 0. The van der Waals surface area contributed by atoms with E-state index < -0.39 is 17.9 Å². The van der Waals surface area contributed by atoms with Crippen molar-refractivity contribution in [2.45, 2.75) is 38.8 Å². The van der Waals surface area contributed by atoms with E-state index in [2.05, 4.69) is 11.8 Å². The standard InChI is InChI=1S/C29H27NO4/c1-20-15-16-24-19-30(28(31)21(2)23-13-7-4-8-14-23)26(29(32)33)18-25(24)27(20)34-17-9-12-22-10-5-3-6-11-22/h3-8,10-11,13-16,21,26H,17-19H2,1-2H3,(H,32,33)/t21?,26-/m0/s1. The number of hydrogen-bond acceptors (Lipinski definition) is 3. The van der Waals surface area contributed by atoms with Gasteiger partial charge in [0.15, 0.2) is 0 Å². The molecule has 1 N–H and O–H groups in total. The van der Waals surface area contributed by atoms with Gasteiger partial charge in [-0.3, -0.25) is 4.79 Å². The maximum absolute atomic E-state index is 13.3. The molecule has 0 aromatic heterocycles. The van der Waals surface area contributed by atoms with Gasteiger partial charge in [0.25, 0.3) is 0 Å². The zero-order valence-corrected chi connectivity index (χ0v) is 19.3. The molecule has 5 nitrogen and oxygen atoms in total. The van der Waals surface area contributed by atoms with Crippen molar-refractivity contribution in [2.75, 3.05) is 6.61 Å². The quantitative estimate of drug-likeness (QED) is 0.575. The third-order valence-electron chi connectivity index (χ3n) is 6.20. The molecule has 3 aromatic carbocycles. The van der Waals surface area contributed by atoms with Gasteiger partial charge in [-0.2, -0.15) is 0 Å². The van der Waals surface area contributed by atoms with Gasteiger partial charge in [-0.25, -0.2) is 4.79 Å². The average molecular weight is 454 g/mol. The van der Waals surface area contributed by atoms with Crippen molar-refractivity contribution in [3.8, 4) is 17.6 Å². The second kappa shape index (κ2) is 10.3. The predicted molar refractivity (Wildman–Crippen MR) is 131 cm³/mol. The minimum absolute atomic E-state index is 0.192. The largest absolute Gasteiger partial charge is 0.480 e. The van der Waals surface area contributed by atoms with Crippen molar-refractivity contribution >= 4 is 11.9 Å². The number of nitrogens with zero attached hydrogens (tertiary/aromatic N) is 1. The van der Waals surface area contributed by atoms with Crippen LogP contribution in [0, 0.1) is 18.8 Å². The zero-order valence-electron chi connectivity index (χ0n) is 19.3. The molecule has 0 spiro atoms. The van der Waals surface area contributed by atoms with Crippen molar-refractivity contribution in [2.24, 2.45) is 0 Å². The number of carbonyl (C=O) groups excluding carboxylic acids is 1. The van der Waals surface area contributed by atoms with Crippen LogP contribution in [0.15, 0.2) is 72.8 Å². The fraction of sp³-hybridized carbons (Fsp3) is 0.241. The molecule has 0 fully saturated rings. The first-order valence-electron chi connectivity index (χ1n) is 11.3. The van der Waals surface area contributed by atoms with E-state index in [0.717, 1.165) is 27.8 Å². The van der Waals surface area contributed by atoms with Crippen LogP contribution in [0.3, 0.4) is 0 Å². The van der Waals surface area contributed by atoms with E-state index in [9.17, 15) is 14.7 Å². The van der Waals surface area contributed by atoms with Crippen molar-refractivity contribution in [3.05, 3.63) is 101 Å². The van der Waals surface area contributed by atoms with E-state index in [1.54, 1.807) is 0 Å². The van der Waals surface area contributed by atoms with Crippen molar-refractivity contribution in [3.63, 3.8) is 0 Å². The van der Waals surface area contributed by atoms with Gasteiger partial charge in [-0.05, 0) is 42.7 Å². The van der Waals surface area contributed by atoms with Gasteiger partial charge in [0, 0.05) is 24.1 Å². The molecule has 3 aromatic rings. The van der Waals surface area contributed by atoms with Crippen LogP contribution < -0.4 is 4.74 Å². The summed E-state index contributed by atoms with van der Waals surface area (Å²) in [5.74, 6) is 5.11. The maximum atomic E-state index is 13.3. The number of amides is 1. The lowest BCUT2D eigenvalue weighted by Gasteiger charge is -2.37. The first-order valence-corrected chi connectivity index (χ1v) is 11.3. The molecule has 4 rings (SSSR count). The van der Waals surface area contributed by atoms with Crippen LogP contribution in [0.5, 0.6) is 5.75 Å². The average Bonchev–Trinajstić information content (AvgIpc) is 2.87. The molecule has 1 aliphatic rings. The Labute approximate surface area is 200 Å². The number of ether oxygens (including phenoxy) is 1. The Morgan fingerprint density at radius 1 is 1.06 bits per heavy atom. The summed E-state index contributed by atoms with van der Waals surface area (Å²) in [4.78, 5) is 27.0. The maximum Gasteiger partial charge on any atom is 0.326 e. The van der Waals surface area contributed by atoms with E-state index in [1.807, 2.05) is 86.6 Å². The summed E-state index contributed by atoms with van der Waals surface area (Å²) in [6.07, 6.45) is 0.195. The highest BCUT2D eigenvalue weighted by atomic mass is 16.5. The van der Waals surface area contributed by atoms with Crippen LogP contribution in [0.4, 0.5) is 0 Å². The minimum atomic E-state index is -1.02. The normalized spacial score (nSPS) is 15.5. The van der Waals surface area contributed by atoms with Crippen LogP contribution in [-0.2, 0) is 22.6 Å². The molecule has 1 aliphatic heterocycles. The molecular weight excluding hydrogens is 426 g/mol. The highest BCUT2D eigenvalue weighted by molar-refractivity contribution is 5.88. The predicted octanol–water partition coefficient (Wildman–Crippen LogP) is 4.57. The Kier molecular flexibility index (Phi) is 6.98. The highest BCUT2D eigenvalue weighted by Gasteiger charge is 2.38. The molecule has 0 aliphatic carbocycles. The molecule has 0 radical (unpaired) electrons. The SMILES string of the molecule is Cc1ccc2c(c1OCC#Cc1ccccc1)C[C@@H](C(=O)O)N(C(=O)C(C)c1ccccc1)C2. The smallest absolute Gasteiger partial charge is 0.326 e. The number of carboxylic acid groups (broad SMARTS) is 1. The van der Waals surface area contributed by atoms with Gasteiger partial charge in [0.1, 0.15) is 18.4 Å². The molecular formula is C29H27NO4. The Hall–Kier alpha value is -4.04. The number of fused-ring (bicyclic) bond motifs is 1. The topological polar surface area (TPSA) is 66.8 Å². The molecule has 34 heavy (non-hydrogen) atoms. The molecule has 2 atom stereocenters. The monoisotopic (exact) mass is 453 g/mol. The Balaban J connectivity index is 1.57. The van der Waals surface area contributed by atoms with E-state index in [4.69, 9.17) is 4.74 Å². The minimum Gasteiger partial charge on any atom is -0.480 e. The molecule has 0 bridgehead atoms. The highest BCUT2D eigenvalue weighted by Crippen LogP contribution is 2.35. The summed E-state index contributed by atoms with van der Waals surface area (Å²) < 4.78 is 6.03. The second-order valence-electron chi connectivity index (χ2n) is 8.46. The third kappa shape index (κ3) is 4.97. The Bertz CT molecular complexity index is 1240. The van der Waals surface area contributed by atoms with Crippen molar-refractivity contribution in [1.29, 1.82) is 0 Å². The number of rotatable bonds is 5. The van der Waals surface area contributed by atoms with Crippen LogP contribution in [-0.4, -0.2) is 34.5 Å². The van der Waals surface area contributed by atoms with Crippen LogP contribution in [0.1, 0.15) is 40.7 Å². The van der Waals surface area contributed by atoms with Crippen LogP contribution >= 0.6 is 0 Å². The number of aryl methyl sites for hydroxylation is 1. The lowest BCUT2D eigenvalue weighted by molar-refractivity contribution is -0.152. The molecule has 5 heteroatoms. The second-order valence-corrected chi connectivity index (χ2v) is 8.46. The van der Waals surface area contributed by atoms with Gasteiger partial charge in [0.2, 0.25) is 5.91 Å². The summed E-state index contributed by atoms with van der Waals surface area (Å²) in [7, 11) is 0. The molecule has 1 unspecified atom stereocenters. The van der Waals surface area contributed by atoms with E-state index in [0.29, 0.717) is 5.75 Å². The van der Waals surface area contributed by atoms with E-state index in [-0.39, 0.29) is 25.5 Å². The molecule has 0 saturated carbocycles. The third-order valence-corrected chi connectivity index (χ3v) is 6.20. The number of carboxylic acids is 1. The Morgan fingerprint density at radius 3 is 2.41 bits per heavy atom. The fourth-order valence-electron chi connectivity index (χ4n) is 4.31. The lowest BCUT2D eigenvalue weighted by Crippen LogP contribution is -2.50. The molecule has 0 saturated heterocycles. The van der Waals surface area contributed by atoms with E-state index in [1.165, 1.54) is 4.90 Å². The molecule has 1 amide bonds. The molecule has 1 heterocycles. The molecule has 172 valence electrons. The van der Waals surface area contributed by atoms with Gasteiger partial charge in [-0.1, -0.05) is 72.5 Å². The van der Waals surface area contributed by atoms with Crippen molar-refractivity contribution in [1.82, 2.24) is 4.90 Å². The number of aliphatic carboxylic acids is 1.